The fourth-order valence-electron chi connectivity index (χ4n) is 2.73. The maximum atomic E-state index is 13.5. The number of rotatable bonds is 5. The number of hydrogen-bond acceptors (Lipinski definition) is 5. The summed E-state index contributed by atoms with van der Waals surface area (Å²) in [6, 6.07) is 10.5. The summed E-state index contributed by atoms with van der Waals surface area (Å²) in [4.78, 5) is 25.7. The Morgan fingerprint density at radius 1 is 1.27 bits per heavy atom. The van der Waals surface area contributed by atoms with Gasteiger partial charge in [-0.05, 0) is 35.4 Å². The van der Waals surface area contributed by atoms with Crippen molar-refractivity contribution in [2.24, 2.45) is 0 Å². The number of carboxylic acids is 1. The topological polar surface area (TPSA) is 77.8 Å². The van der Waals surface area contributed by atoms with Gasteiger partial charge < -0.3 is 10.2 Å². The van der Waals surface area contributed by atoms with Gasteiger partial charge in [0.2, 0.25) is 5.91 Å². The van der Waals surface area contributed by atoms with Gasteiger partial charge in [0.25, 0.3) is 0 Å². The van der Waals surface area contributed by atoms with Gasteiger partial charge in [0.05, 0.1) is 0 Å². The van der Waals surface area contributed by atoms with E-state index in [1.807, 2.05) is 0 Å². The Morgan fingerprint density at radius 3 is 2.58 bits per heavy atom. The summed E-state index contributed by atoms with van der Waals surface area (Å²) in [5, 5.41) is 18.2. The molecule has 1 saturated heterocycles. The van der Waals surface area contributed by atoms with E-state index < -0.39 is 29.0 Å². The maximum Gasteiger partial charge on any atom is 0.327 e. The molecule has 2 N–H and O–H groups in total. The lowest BCUT2D eigenvalue weighted by atomic mass is 10.0. The second-order valence-electron chi connectivity index (χ2n) is 5.75. The molecule has 2 aromatic carbocycles. The molecule has 2 aromatic rings. The van der Waals surface area contributed by atoms with Gasteiger partial charge in [0, 0.05) is 6.42 Å². The zero-order valence-electron chi connectivity index (χ0n) is 13.3. The van der Waals surface area contributed by atoms with Crippen LogP contribution in [0.4, 0.5) is 4.39 Å². The summed E-state index contributed by atoms with van der Waals surface area (Å²) < 4.78 is 13.6. The molecule has 1 heterocycles. The molecule has 0 spiro atoms. The number of thiocarbonyl (C=S) groups is 1. The van der Waals surface area contributed by atoms with Gasteiger partial charge in [0.1, 0.15) is 27.2 Å². The summed E-state index contributed by atoms with van der Waals surface area (Å²) in [5.74, 6) is -2.07. The Kier molecular flexibility index (Phi) is 5.24. The predicted octanol–water partition coefficient (Wildman–Crippen LogP) is 3.13. The number of phenols is 1. The number of benzene rings is 2. The highest BCUT2D eigenvalue weighted by molar-refractivity contribution is 8.24. The Balaban J connectivity index is 1.87. The normalized spacial score (nSPS) is 18.2. The molecule has 1 amide bonds. The second-order valence-corrected chi connectivity index (χ2v) is 7.49. The lowest BCUT2D eigenvalue weighted by molar-refractivity contribution is -0.146. The van der Waals surface area contributed by atoms with E-state index in [0.717, 1.165) is 16.7 Å². The number of halogens is 1. The number of aliphatic carboxylic acids is 1. The lowest BCUT2D eigenvalue weighted by Gasteiger charge is -2.24. The highest BCUT2D eigenvalue weighted by Crippen LogP contribution is 2.41. The van der Waals surface area contributed by atoms with E-state index in [4.69, 9.17) is 12.2 Å². The Labute approximate surface area is 158 Å². The average Bonchev–Trinajstić information content (AvgIpc) is 2.89. The third-order valence-electron chi connectivity index (χ3n) is 3.99. The number of carbonyl (C=O) groups excluding carboxylic acids is 1. The first-order valence-electron chi connectivity index (χ1n) is 7.66. The number of hydrogen-bond donors (Lipinski definition) is 2. The van der Waals surface area contributed by atoms with Crippen LogP contribution in [0.2, 0.25) is 0 Å². The van der Waals surface area contributed by atoms with Crippen molar-refractivity contribution in [2.45, 2.75) is 17.7 Å². The Morgan fingerprint density at radius 2 is 1.96 bits per heavy atom. The summed E-state index contributed by atoms with van der Waals surface area (Å²) in [7, 11) is 0. The smallest absolute Gasteiger partial charge is 0.327 e. The zero-order valence-corrected chi connectivity index (χ0v) is 15.0. The zero-order chi connectivity index (χ0) is 18.8. The van der Waals surface area contributed by atoms with Crippen molar-refractivity contribution in [2.75, 3.05) is 0 Å². The van der Waals surface area contributed by atoms with Crippen LogP contribution in [-0.4, -0.2) is 37.4 Å². The molecule has 1 aliphatic rings. The van der Waals surface area contributed by atoms with Crippen LogP contribution in [0.15, 0.2) is 48.5 Å². The molecular formula is C18H14FNO4S2. The van der Waals surface area contributed by atoms with Crippen molar-refractivity contribution in [3.8, 4) is 5.75 Å². The molecule has 26 heavy (non-hydrogen) atoms. The van der Waals surface area contributed by atoms with Gasteiger partial charge in [-0.25, -0.2) is 9.18 Å². The van der Waals surface area contributed by atoms with Crippen molar-refractivity contribution >= 4 is 40.2 Å². The minimum Gasteiger partial charge on any atom is -0.508 e. The summed E-state index contributed by atoms with van der Waals surface area (Å²) in [6.45, 7) is 0. The molecule has 0 saturated carbocycles. The third-order valence-corrected chi connectivity index (χ3v) is 5.58. The first-order chi connectivity index (χ1) is 12.4. The van der Waals surface area contributed by atoms with Gasteiger partial charge in [-0.3, -0.25) is 9.69 Å². The van der Waals surface area contributed by atoms with E-state index in [1.54, 1.807) is 18.2 Å². The van der Waals surface area contributed by atoms with Crippen molar-refractivity contribution in [1.82, 2.24) is 4.90 Å². The van der Waals surface area contributed by atoms with E-state index in [1.165, 1.54) is 30.3 Å². The van der Waals surface area contributed by atoms with Crippen LogP contribution in [-0.2, 0) is 16.0 Å². The molecule has 1 aliphatic heterocycles. The number of phenolic OH excluding ortho intramolecular Hbond substituents is 1. The average molecular weight is 391 g/mol. The van der Waals surface area contributed by atoms with Crippen LogP contribution in [0, 0.1) is 5.82 Å². The van der Waals surface area contributed by atoms with Gasteiger partial charge in [-0.15, -0.1) is 0 Å². The van der Waals surface area contributed by atoms with Crippen LogP contribution in [0.25, 0.3) is 0 Å². The van der Waals surface area contributed by atoms with Crippen molar-refractivity contribution < 1.29 is 24.2 Å². The SMILES string of the molecule is O=C(O)C(Cc1ccc(O)cc1)N1C(=O)C(c2cccc(F)c2)SC1=S. The molecular weight excluding hydrogens is 377 g/mol. The van der Waals surface area contributed by atoms with Crippen molar-refractivity contribution in [1.29, 1.82) is 0 Å². The third kappa shape index (κ3) is 3.71. The molecule has 1 fully saturated rings. The van der Waals surface area contributed by atoms with Crippen molar-refractivity contribution in [3.63, 3.8) is 0 Å². The number of amides is 1. The monoisotopic (exact) mass is 391 g/mol. The first kappa shape index (κ1) is 18.3. The molecule has 2 unspecified atom stereocenters. The molecule has 2 atom stereocenters. The van der Waals surface area contributed by atoms with Crippen molar-refractivity contribution in [3.05, 3.63) is 65.5 Å². The number of nitrogens with zero attached hydrogens (tertiary/aromatic N) is 1. The minimum atomic E-state index is -1.19. The molecule has 0 bridgehead atoms. The van der Waals surface area contributed by atoms with Crippen LogP contribution in [0.1, 0.15) is 16.4 Å². The van der Waals surface area contributed by atoms with Gasteiger partial charge >= 0.3 is 5.97 Å². The number of carboxylic acid groups (broad SMARTS) is 1. The number of carbonyl (C=O) groups is 2. The lowest BCUT2D eigenvalue weighted by Crippen LogP contribution is -2.45. The first-order valence-corrected chi connectivity index (χ1v) is 8.95. The number of thioether (sulfide) groups is 1. The molecule has 5 nitrogen and oxygen atoms in total. The van der Waals surface area contributed by atoms with Gasteiger partial charge in [-0.2, -0.15) is 0 Å². The van der Waals surface area contributed by atoms with E-state index in [-0.39, 0.29) is 16.5 Å². The fourth-order valence-corrected chi connectivity index (χ4v) is 4.27. The van der Waals surface area contributed by atoms with Gasteiger partial charge in [0.15, 0.2) is 0 Å². The maximum absolute atomic E-state index is 13.5. The molecule has 0 radical (unpaired) electrons. The largest absolute Gasteiger partial charge is 0.508 e. The summed E-state index contributed by atoms with van der Waals surface area (Å²) >= 11 is 6.27. The van der Waals surface area contributed by atoms with Crippen LogP contribution < -0.4 is 0 Å². The molecule has 134 valence electrons. The van der Waals surface area contributed by atoms with Crippen LogP contribution in [0.3, 0.4) is 0 Å². The van der Waals surface area contributed by atoms with Gasteiger partial charge in [-0.1, -0.05) is 48.2 Å². The highest BCUT2D eigenvalue weighted by Gasteiger charge is 2.44. The highest BCUT2D eigenvalue weighted by atomic mass is 32.2. The van der Waals surface area contributed by atoms with E-state index >= 15 is 0 Å². The van der Waals surface area contributed by atoms with Crippen LogP contribution in [0.5, 0.6) is 5.75 Å². The fraction of sp³-hybridized carbons (Fsp3) is 0.167. The standard InChI is InChI=1S/C18H14FNO4S2/c19-12-3-1-2-11(9-12)15-16(22)20(18(25)26-15)14(17(23)24)8-10-4-6-13(21)7-5-10/h1-7,9,14-15,21H,8H2,(H,23,24). The molecule has 8 heteroatoms. The molecule has 0 aliphatic carbocycles. The number of aromatic hydroxyl groups is 1. The molecule has 0 aromatic heterocycles. The van der Waals surface area contributed by atoms with E-state index in [0.29, 0.717) is 11.1 Å². The predicted molar refractivity (Wildman–Crippen MR) is 99.4 cm³/mol. The summed E-state index contributed by atoms with van der Waals surface area (Å²) in [6.07, 6.45) is 0.0396. The second kappa shape index (κ2) is 7.43. The van der Waals surface area contributed by atoms with E-state index in [2.05, 4.69) is 0 Å². The molecule has 3 rings (SSSR count). The Bertz CT molecular complexity index is 872. The van der Waals surface area contributed by atoms with Crippen LogP contribution >= 0.6 is 24.0 Å². The van der Waals surface area contributed by atoms with E-state index in [9.17, 15) is 24.2 Å². The quantitative estimate of drug-likeness (QED) is 0.763. The minimum absolute atomic E-state index is 0.0396. The Hall–Kier alpha value is -2.45. The summed E-state index contributed by atoms with van der Waals surface area (Å²) in [5.41, 5.74) is 1.09.